The lowest BCUT2D eigenvalue weighted by molar-refractivity contribution is -0.0518. The van der Waals surface area contributed by atoms with Crippen molar-refractivity contribution in [3.63, 3.8) is 0 Å². The summed E-state index contributed by atoms with van der Waals surface area (Å²) in [7, 11) is -6.86. The first-order valence-corrected chi connectivity index (χ1v) is 13.7. The van der Waals surface area contributed by atoms with Gasteiger partial charge in [0.15, 0.2) is 10.1 Å². The van der Waals surface area contributed by atoms with Crippen LogP contribution in [0.1, 0.15) is 31.1 Å². The first-order valence-electron chi connectivity index (χ1n) is 10.5. The number of esters is 1. The van der Waals surface area contributed by atoms with E-state index in [-0.39, 0.29) is 5.97 Å². The maximum Gasteiger partial charge on any atom is 0.485 e. The fourth-order valence-corrected chi connectivity index (χ4v) is 6.72. The molecule has 0 unspecified atom stereocenters. The van der Waals surface area contributed by atoms with Crippen LogP contribution in [0.15, 0.2) is 84.9 Å². The smallest absolute Gasteiger partial charge is 0.485 e. The highest BCUT2D eigenvalue weighted by Crippen LogP contribution is 2.56. The van der Waals surface area contributed by atoms with Gasteiger partial charge in [0, 0.05) is 0 Å². The van der Waals surface area contributed by atoms with Crippen LogP contribution in [-0.2, 0) is 19.4 Å². The molecule has 0 fully saturated rings. The number of alkyl halides is 3. The van der Waals surface area contributed by atoms with Crippen LogP contribution in [0.25, 0.3) is 0 Å². The third-order valence-corrected chi connectivity index (χ3v) is 8.89. The monoisotopic (exact) mass is 542 g/mol. The lowest BCUT2D eigenvalue weighted by Gasteiger charge is -2.26. The summed E-state index contributed by atoms with van der Waals surface area (Å²) in [4.78, 5) is 13.0. The molecule has 0 spiro atoms. The molecule has 0 aliphatic rings. The minimum Gasteiger partial charge on any atom is -0.741 e. The van der Waals surface area contributed by atoms with Crippen LogP contribution in [0, 0.1) is 0 Å². The van der Waals surface area contributed by atoms with Crippen molar-refractivity contribution in [2.24, 2.45) is 0 Å². The van der Waals surface area contributed by atoms with Crippen LogP contribution in [0.4, 0.5) is 13.2 Å². The zero-order chi connectivity index (χ0) is 27.2. The molecule has 0 aliphatic carbocycles. The molecule has 0 atom stereocenters. The molecule has 11 heteroatoms. The second kappa shape index (κ2) is 11.5. The highest BCUT2D eigenvalue weighted by molar-refractivity contribution is 7.92. The minimum absolute atomic E-state index is 0.337. The van der Waals surface area contributed by atoms with E-state index in [4.69, 9.17) is 22.2 Å². The second-order valence-electron chi connectivity index (χ2n) is 8.38. The quantitative estimate of drug-likeness (QED) is 0.203. The van der Waals surface area contributed by atoms with Gasteiger partial charge in [-0.2, -0.15) is 13.2 Å². The van der Waals surface area contributed by atoms with Crippen LogP contribution in [-0.4, -0.2) is 37.2 Å². The standard InChI is InChI=1S/C24H26O3P.CHF3O3S/c1-24(2,3)27-23(25)21-17-11-12-18-22(21)28(26-4,19-13-7-5-8-14-19)20-15-9-6-10-16-20;2-1(3,4)8(5,6)7/h5-18H,1-4H3;(H,5,6,7)/q+1;/p-1. The molecule has 0 N–H and O–H groups in total. The molecular formula is C25H26F3O6PS. The van der Waals surface area contributed by atoms with Crippen LogP contribution in [0.5, 0.6) is 0 Å². The summed E-state index contributed by atoms with van der Waals surface area (Å²) in [6.07, 6.45) is 0. The SMILES string of the molecule is CO[P+](c1ccccc1)(c1ccccc1)c1ccccc1C(=O)OC(C)(C)C.O=S(=O)([O-])C(F)(F)F. The van der Waals surface area contributed by atoms with Gasteiger partial charge in [0.1, 0.15) is 27.1 Å². The zero-order valence-corrected chi connectivity index (χ0v) is 21.7. The van der Waals surface area contributed by atoms with Gasteiger partial charge >= 0.3 is 11.5 Å². The van der Waals surface area contributed by atoms with Gasteiger partial charge < -0.3 is 9.29 Å². The van der Waals surface area contributed by atoms with Crippen molar-refractivity contribution in [1.82, 2.24) is 0 Å². The highest BCUT2D eigenvalue weighted by Gasteiger charge is 2.49. The van der Waals surface area contributed by atoms with E-state index in [1.54, 1.807) is 7.11 Å². The van der Waals surface area contributed by atoms with Gasteiger partial charge in [-0.05, 0) is 57.2 Å². The molecule has 36 heavy (non-hydrogen) atoms. The van der Waals surface area contributed by atoms with E-state index >= 15 is 0 Å². The molecule has 3 rings (SSSR count). The summed E-state index contributed by atoms with van der Waals surface area (Å²) < 4.78 is 70.9. The topological polar surface area (TPSA) is 92.7 Å². The van der Waals surface area contributed by atoms with E-state index in [9.17, 15) is 18.0 Å². The molecule has 0 amide bonds. The van der Waals surface area contributed by atoms with Crippen molar-refractivity contribution in [1.29, 1.82) is 0 Å². The fraction of sp³-hybridized carbons (Fsp3) is 0.240. The molecule has 0 bridgehead atoms. The van der Waals surface area contributed by atoms with Gasteiger partial charge in [-0.25, -0.2) is 17.7 Å². The Kier molecular flexibility index (Phi) is 9.42. The number of rotatable bonds is 5. The van der Waals surface area contributed by atoms with E-state index < -0.39 is 28.7 Å². The number of benzene rings is 3. The molecular weight excluding hydrogens is 516 g/mol. The molecule has 0 saturated carbocycles. The van der Waals surface area contributed by atoms with Gasteiger partial charge in [0.25, 0.3) is 0 Å². The van der Waals surface area contributed by atoms with Gasteiger partial charge in [0.2, 0.25) is 7.49 Å². The van der Waals surface area contributed by atoms with Crippen molar-refractivity contribution in [2.45, 2.75) is 31.9 Å². The second-order valence-corrected chi connectivity index (χ2v) is 12.9. The Balaban J connectivity index is 0.000000493. The Bertz CT molecular complexity index is 1220. The number of hydrogen-bond donors (Lipinski definition) is 0. The molecule has 0 aliphatic heterocycles. The van der Waals surface area contributed by atoms with Crippen molar-refractivity contribution in [3.8, 4) is 0 Å². The number of carbonyl (C=O) groups is 1. The number of hydrogen-bond acceptors (Lipinski definition) is 6. The molecule has 3 aromatic carbocycles. The fourth-order valence-electron chi connectivity index (χ4n) is 3.27. The maximum absolute atomic E-state index is 13.0. The lowest BCUT2D eigenvalue weighted by Crippen LogP contribution is -2.36. The highest BCUT2D eigenvalue weighted by atomic mass is 32.2. The van der Waals surface area contributed by atoms with E-state index in [2.05, 4.69) is 24.3 Å². The molecule has 0 saturated heterocycles. The Morgan fingerprint density at radius 3 is 1.56 bits per heavy atom. The largest absolute Gasteiger partial charge is 0.741 e. The molecule has 0 aromatic heterocycles. The van der Waals surface area contributed by atoms with Crippen LogP contribution >= 0.6 is 7.49 Å². The van der Waals surface area contributed by atoms with Crippen LogP contribution in [0.3, 0.4) is 0 Å². The van der Waals surface area contributed by atoms with Crippen molar-refractivity contribution < 1.29 is 40.2 Å². The van der Waals surface area contributed by atoms with E-state index in [1.807, 2.05) is 81.4 Å². The summed E-state index contributed by atoms with van der Waals surface area (Å²) in [5.41, 5.74) is -5.68. The summed E-state index contributed by atoms with van der Waals surface area (Å²) in [6.45, 7) is 5.63. The Hall–Kier alpha value is -2.78. The van der Waals surface area contributed by atoms with Crippen LogP contribution in [0.2, 0.25) is 0 Å². The number of ether oxygens (including phenoxy) is 1. The average Bonchev–Trinajstić information content (AvgIpc) is 2.80. The average molecular weight is 543 g/mol. The van der Waals surface area contributed by atoms with Crippen LogP contribution < -0.4 is 15.9 Å². The van der Waals surface area contributed by atoms with Crippen molar-refractivity contribution >= 4 is 39.5 Å². The van der Waals surface area contributed by atoms with Gasteiger partial charge in [-0.15, -0.1) is 0 Å². The summed E-state index contributed by atoms with van der Waals surface area (Å²) in [5.74, 6) is -0.337. The summed E-state index contributed by atoms with van der Waals surface area (Å²) in [6, 6.07) is 27.9. The minimum atomic E-state index is -6.09. The molecule has 3 aromatic rings. The van der Waals surface area contributed by atoms with E-state index in [1.165, 1.54) is 0 Å². The molecule has 0 radical (unpaired) electrons. The Morgan fingerprint density at radius 2 is 1.19 bits per heavy atom. The normalized spacial score (nSPS) is 12.3. The first-order chi connectivity index (χ1) is 16.6. The predicted octanol–water partition coefficient (Wildman–Crippen LogP) is 4.55. The van der Waals surface area contributed by atoms with Gasteiger partial charge in [-0.1, -0.05) is 48.5 Å². The summed E-state index contributed by atoms with van der Waals surface area (Å²) >= 11 is 0. The maximum atomic E-state index is 13.0. The molecule has 194 valence electrons. The predicted molar refractivity (Wildman–Crippen MR) is 133 cm³/mol. The molecule has 6 nitrogen and oxygen atoms in total. The lowest BCUT2D eigenvalue weighted by atomic mass is 10.1. The van der Waals surface area contributed by atoms with E-state index in [0.717, 1.165) is 15.9 Å². The molecule has 0 heterocycles. The Labute approximate surface area is 209 Å². The zero-order valence-electron chi connectivity index (χ0n) is 20.0. The van der Waals surface area contributed by atoms with Gasteiger partial charge in [0.05, 0.1) is 7.11 Å². The Morgan fingerprint density at radius 1 is 0.806 bits per heavy atom. The van der Waals surface area contributed by atoms with Gasteiger partial charge in [-0.3, -0.25) is 0 Å². The number of carbonyl (C=O) groups excluding carboxylic acids is 1. The first kappa shape index (κ1) is 29.5. The third-order valence-electron chi connectivity index (χ3n) is 4.66. The third kappa shape index (κ3) is 7.13. The number of halogens is 3. The summed E-state index contributed by atoms with van der Waals surface area (Å²) in [5, 5.41) is 2.98. The van der Waals surface area contributed by atoms with E-state index in [0.29, 0.717) is 5.56 Å². The van der Waals surface area contributed by atoms with Crippen molar-refractivity contribution in [3.05, 3.63) is 90.5 Å². The van der Waals surface area contributed by atoms with Crippen molar-refractivity contribution in [2.75, 3.05) is 7.11 Å².